The van der Waals surface area contributed by atoms with Gasteiger partial charge in [-0.1, -0.05) is 12.1 Å². The second kappa shape index (κ2) is 10.0. The summed E-state index contributed by atoms with van der Waals surface area (Å²) in [7, 11) is 1.66. The summed E-state index contributed by atoms with van der Waals surface area (Å²) in [5, 5.41) is 15.1. The van der Waals surface area contributed by atoms with Crippen LogP contribution in [0.15, 0.2) is 59.7 Å². The maximum atomic E-state index is 13.1. The average Bonchev–Trinajstić information content (AvgIpc) is 3.33. The summed E-state index contributed by atoms with van der Waals surface area (Å²) >= 11 is 1.58. The maximum Gasteiger partial charge on any atom is 0.337 e. The Morgan fingerprint density at radius 1 is 1.08 bits per heavy atom. The first kappa shape index (κ1) is 24.5. The number of carboxylic acid groups (broad SMARTS) is 1. The Morgan fingerprint density at radius 2 is 1.89 bits per heavy atom. The number of carbonyl (C=O) groups is 2. The Bertz CT molecular complexity index is 1550. The van der Waals surface area contributed by atoms with Crippen molar-refractivity contribution in [3.8, 4) is 11.1 Å². The lowest BCUT2D eigenvalue weighted by molar-refractivity contribution is 0.0696. The first-order chi connectivity index (χ1) is 17.8. The Hall–Kier alpha value is -4.24. The molecule has 0 fully saturated rings. The van der Waals surface area contributed by atoms with Crippen LogP contribution in [-0.2, 0) is 19.9 Å². The Morgan fingerprint density at radius 3 is 2.62 bits per heavy atom. The summed E-state index contributed by atoms with van der Waals surface area (Å²) < 4.78 is 1.48. The minimum absolute atomic E-state index is 0.0596. The van der Waals surface area contributed by atoms with Crippen molar-refractivity contribution >= 4 is 40.4 Å². The van der Waals surface area contributed by atoms with Gasteiger partial charge in [0.05, 0.1) is 10.4 Å². The number of fused-ring (bicyclic) bond motifs is 1. The number of benzene rings is 1. The van der Waals surface area contributed by atoms with E-state index in [1.165, 1.54) is 46.2 Å². The van der Waals surface area contributed by atoms with Gasteiger partial charge in [0.15, 0.2) is 0 Å². The van der Waals surface area contributed by atoms with Gasteiger partial charge in [-0.05, 0) is 79.6 Å². The summed E-state index contributed by atoms with van der Waals surface area (Å²) in [6, 6.07) is 12.4. The van der Waals surface area contributed by atoms with Gasteiger partial charge in [0.2, 0.25) is 0 Å². The molecule has 1 aromatic carbocycles. The smallest absolute Gasteiger partial charge is 0.337 e. The van der Waals surface area contributed by atoms with E-state index in [9.17, 15) is 14.4 Å². The summed E-state index contributed by atoms with van der Waals surface area (Å²) in [5.41, 5.74) is 4.65. The van der Waals surface area contributed by atoms with E-state index >= 15 is 0 Å². The number of aromatic carboxylic acids is 1. The molecule has 1 aliphatic rings. The van der Waals surface area contributed by atoms with Crippen LogP contribution in [0.4, 0.5) is 17.2 Å². The van der Waals surface area contributed by atoms with E-state index in [1.807, 2.05) is 31.2 Å². The van der Waals surface area contributed by atoms with Gasteiger partial charge in [-0.3, -0.25) is 9.59 Å². The molecular formula is C28H26N4O4S. The van der Waals surface area contributed by atoms with Crippen LogP contribution in [0.1, 0.15) is 48.9 Å². The van der Waals surface area contributed by atoms with Gasteiger partial charge in [0.1, 0.15) is 11.5 Å². The molecule has 3 heterocycles. The number of carbonyl (C=O) groups excluding carboxylic acids is 1. The number of anilines is 3. The summed E-state index contributed by atoms with van der Waals surface area (Å²) in [5.74, 6) is -0.827. The van der Waals surface area contributed by atoms with Gasteiger partial charge in [0, 0.05) is 35.6 Å². The predicted octanol–water partition coefficient (Wildman–Crippen LogP) is 5.39. The molecule has 1 amide bonds. The highest BCUT2D eigenvalue weighted by molar-refractivity contribution is 7.14. The lowest BCUT2D eigenvalue weighted by Gasteiger charge is -2.15. The van der Waals surface area contributed by atoms with E-state index in [-0.39, 0.29) is 17.0 Å². The zero-order valence-electron chi connectivity index (χ0n) is 20.5. The summed E-state index contributed by atoms with van der Waals surface area (Å²) in [4.78, 5) is 43.1. The lowest BCUT2D eigenvalue weighted by atomic mass is 9.99. The fourth-order valence-electron chi connectivity index (χ4n) is 4.55. The van der Waals surface area contributed by atoms with E-state index in [4.69, 9.17) is 5.11 Å². The number of amides is 1. The normalized spacial score (nSPS) is 12.6. The molecule has 37 heavy (non-hydrogen) atoms. The molecule has 8 nitrogen and oxygen atoms in total. The molecule has 3 N–H and O–H groups in total. The molecule has 188 valence electrons. The second-order valence-electron chi connectivity index (χ2n) is 9.12. The standard InChI is InChI=1S/C28H26N4O4S/c1-16-20(7-5-8-21(16)31-26(33)24-13-17-6-3-4-9-23(17)37-24)19-12-22(27(34)32(2)15-19)30-25-11-10-18(14-29-25)28(35)36/h5,7-8,10-15H,3-4,6,9H2,1-2H3,(H,29,30)(H,31,33)(H,35,36). The zero-order valence-corrected chi connectivity index (χ0v) is 21.3. The Labute approximate surface area is 217 Å². The van der Waals surface area contributed by atoms with Gasteiger partial charge in [-0.15, -0.1) is 11.3 Å². The van der Waals surface area contributed by atoms with Gasteiger partial charge in [0.25, 0.3) is 11.5 Å². The van der Waals surface area contributed by atoms with Gasteiger partial charge >= 0.3 is 5.97 Å². The molecule has 0 spiro atoms. The SMILES string of the molecule is Cc1c(NC(=O)c2cc3c(s2)CCCC3)cccc1-c1cc(Nc2ccc(C(=O)O)cn2)c(=O)n(C)c1. The van der Waals surface area contributed by atoms with Crippen LogP contribution < -0.4 is 16.2 Å². The van der Waals surface area contributed by atoms with E-state index < -0.39 is 5.97 Å². The van der Waals surface area contributed by atoms with Gasteiger partial charge < -0.3 is 20.3 Å². The predicted molar refractivity (Wildman–Crippen MR) is 145 cm³/mol. The third-order valence-corrected chi connectivity index (χ3v) is 7.81. The third-order valence-electron chi connectivity index (χ3n) is 6.57. The number of thiophene rings is 1. The van der Waals surface area contributed by atoms with Crippen molar-refractivity contribution in [2.45, 2.75) is 32.6 Å². The number of carboxylic acids is 1. The number of hydrogen-bond acceptors (Lipinski definition) is 6. The molecule has 0 atom stereocenters. The third kappa shape index (κ3) is 5.03. The lowest BCUT2D eigenvalue weighted by Crippen LogP contribution is -2.20. The van der Waals surface area contributed by atoms with Crippen LogP contribution in [0, 0.1) is 6.92 Å². The van der Waals surface area contributed by atoms with E-state index in [1.54, 1.807) is 30.6 Å². The topological polar surface area (TPSA) is 113 Å². The number of hydrogen-bond donors (Lipinski definition) is 3. The fraction of sp³-hybridized carbons (Fsp3) is 0.214. The van der Waals surface area contributed by atoms with Crippen LogP contribution in [0.3, 0.4) is 0 Å². The highest BCUT2D eigenvalue weighted by Crippen LogP contribution is 2.32. The molecule has 0 saturated heterocycles. The molecule has 0 saturated carbocycles. The molecule has 9 heteroatoms. The largest absolute Gasteiger partial charge is 0.478 e. The van der Waals surface area contributed by atoms with E-state index in [2.05, 4.69) is 15.6 Å². The average molecular weight is 515 g/mol. The zero-order chi connectivity index (χ0) is 26.1. The summed E-state index contributed by atoms with van der Waals surface area (Å²) in [6.45, 7) is 1.94. The van der Waals surface area contributed by atoms with Crippen LogP contribution in [0.2, 0.25) is 0 Å². The maximum absolute atomic E-state index is 13.1. The second-order valence-corrected chi connectivity index (χ2v) is 10.3. The number of nitrogens with one attached hydrogen (secondary N) is 2. The van der Waals surface area contributed by atoms with Gasteiger partial charge in [-0.2, -0.15) is 0 Å². The van der Waals surface area contributed by atoms with Crippen LogP contribution in [0.5, 0.6) is 0 Å². The molecule has 5 rings (SSSR count). The fourth-order valence-corrected chi connectivity index (χ4v) is 5.70. The number of aryl methyl sites for hydroxylation is 3. The van der Waals surface area contributed by atoms with Crippen molar-refractivity contribution in [2.24, 2.45) is 7.05 Å². The Balaban J connectivity index is 1.42. The quantitative estimate of drug-likeness (QED) is 0.318. The molecule has 0 radical (unpaired) electrons. The molecule has 0 unspecified atom stereocenters. The van der Waals surface area contributed by atoms with Crippen molar-refractivity contribution in [1.29, 1.82) is 0 Å². The van der Waals surface area contributed by atoms with Crippen molar-refractivity contribution < 1.29 is 14.7 Å². The molecule has 0 bridgehead atoms. The van der Waals surface area contributed by atoms with Crippen molar-refractivity contribution in [3.63, 3.8) is 0 Å². The monoisotopic (exact) mass is 514 g/mol. The molecule has 0 aliphatic heterocycles. The van der Waals surface area contributed by atoms with Crippen molar-refractivity contribution in [2.75, 3.05) is 10.6 Å². The molecule has 1 aliphatic carbocycles. The van der Waals surface area contributed by atoms with Crippen LogP contribution >= 0.6 is 11.3 Å². The number of pyridine rings is 2. The van der Waals surface area contributed by atoms with Crippen molar-refractivity contribution in [1.82, 2.24) is 9.55 Å². The van der Waals surface area contributed by atoms with E-state index in [0.29, 0.717) is 17.2 Å². The Kier molecular flexibility index (Phi) is 6.62. The number of aromatic nitrogens is 2. The molecule has 4 aromatic rings. The molecule has 3 aromatic heterocycles. The minimum Gasteiger partial charge on any atom is -0.478 e. The van der Waals surface area contributed by atoms with Gasteiger partial charge in [-0.25, -0.2) is 9.78 Å². The number of rotatable bonds is 6. The van der Waals surface area contributed by atoms with Crippen LogP contribution in [0.25, 0.3) is 11.1 Å². The van der Waals surface area contributed by atoms with Crippen LogP contribution in [-0.4, -0.2) is 26.5 Å². The minimum atomic E-state index is -1.07. The number of nitrogens with zero attached hydrogens (tertiary/aromatic N) is 2. The van der Waals surface area contributed by atoms with Crippen molar-refractivity contribution in [3.05, 3.63) is 91.7 Å². The highest BCUT2D eigenvalue weighted by Gasteiger charge is 2.19. The highest BCUT2D eigenvalue weighted by atomic mass is 32.1. The first-order valence-corrected chi connectivity index (χ1v) is 12.8. The first-order valence-electron chi connectivity index (χ1n) is 12.0. The molecular weight excluding hydrogens is 488 g/mol. The van der Waals surface area contributed by atoms with E-state index in [0.717, 1.165) is 34.4 Å². The summed E-state index contributed by atoms with van der Waals surface area (Å²) in [6.07, 6.45) is 7.41.